The van der Waals surface area contributed by atoms with Gasteiger partial charge in [-0.05, 0) is 39.8 Å². The molecule has 2 heterocycles. The quantitative estimate of drug-likeness (QED) is 0.558. The van der Waals surface area contributed by atoms with Crippen LogP contribution in [0, 0.1) is 13.8 Å². The Labute approximate surface area is 171 Å². The number of nitrogens with one attached hydrogen (secondary N) is 1. The number of hydrogen-bond donors (Lipinski definition) is 1. The van der Waals surface area contributed by atoms with Gasteiger partial charge in [0, 0.05) is 6.54 Å². The van der Waals surface area contributed by atoms with E-state index in [9.17, 15) is 4.79 Å². The SMILES string of the molecule is CCn1c(SCC(=O)Nc2nnc(C)s2)nnc1C(C)Oc1ccc(C)cc1. The van der Waals surface area contributed by atoms with E-state index in [1.54, 1.807) is 0 Å². The number of hydrogen-bond acceptors (Lipinski definition) is 8. The first-order valence-electron chi connectivity index (χ1n) is 8.85. The number of benzene rings is 1. The molecule has 10 heteroatoms. The second-order valence-corrected chi connectivity index (χ2v) is 8.25. The first-order chi connectivity index (χ1) is 13.5. The highest BCUT2D eigenvalue weighted by molar-refractivity contribution is 7.99. The van der Waals surface area contributed by atoms with Crippen molar-refractivity contribution in [3.63, 3.8) is 0 Å². The van der Waals surface area contributed by atoms with Crippen molar-refractivity contribution in [1.82, 2.24) is 25.0 Å². The van der Waals surface area contributed by atoms with Gasteiger partial charge in [-0.25, -0.2) is 0 Å². The van der Waals surface area contributed by atoms with Crippen LogP contribution in [0.3, 0.4) is 0 Å². The molecule has 3 rings (SSSR count). The Kier molecular flexibility index (Phi) is 6.63. The highest BCUT2D eigenvalue weighted by Crippen LogP contribution is 2.25. The number of amides is 1. The number of aryl methyl sites for hydroxylation is 2. The molecule has 0 saturated heterocycles. The topological polar surface area (TPSA) is 94.8 Å². The molecule has 0 spiro atoms. The molecule has 2 aromatic heterocycles. The van der Waals surface area contributed by atoms with Crippen molar-refractivity contribution in [3.8, 4) is 5.75 Å². The van der Waals surface area contributed by atoms with Gasteiger partial charge in [0.25, 0.3) is 0 Å². The minimum Gasteiger partial charge on any atom is -0.483 e. The number of ether oxygens (including phenoxy) is 1. The second-order valence-electron chi connectivity index (χ2n) is 6.12. The Hall–Kier alpha value is -2.46. The van der Waals surface area contributed by atoms with Crippen LogP contribution in [0.15, 0.2) is 29.4 Å². The Morgan fingerprint density at radius 2 is 1.96 bits per heavy atom. The zero-order valence-electron chi connectivity index (χ0n) is 16.2. The molecule has 1 atom stereocenters. The standard InChI is InChI=1S/C18H22N6O2S2/c1-5-24-16(12(3)26-14-8-6-11(2)7-9-14)21-23-18(24)27-10-15(25)19-17-22-20-13(4)28-17/h6-9,12H,5,10H2,1-4H3,(H,19,22,25). The summed E-state index contributed by atoms with van der Waals surface area (Å²) < 4.78 is 7.96. The van der Waals surface area contributed by atoms with Crippen LogP contribution in [0.1, 0.15) is 36.3 Å². The third-order valence-electron chi connectivity index (χ3n) is 3.86. The summed E-state index contributed by atoms with van der Waals surface area (Å²) in [5, 5.41) is 21.0. The summed E-state index contributed by atoms with van der Waals surface area (Å²) in [6, 6.07) is 7.89. The maximum absolute atomic E-state index is 12.1. The van der Waals surface area contributed by atoms with Crippen LogP contribution in [0.25, 0.3) is 0 Å². The van der Waals surface area contributed by atoms with Crippen LogP contribution in [0.5, 0.6) is 5.75 Å². The predicted octanol–water partition coefficient (Wildman–Crippen LogP) is 3.64. The number of aromatic nitrogens is 5. The molecular weight excluding hydrogens is 396 g/mol. The van der Waals surface area contributed by atoms with E-state index >= 15 is 0 Å². The van der Waals surface area contributed by atoms with Crippen LogP contribution in [0.4, 0.5) is 5.13 Å². The lowest BCUT2D eigenvalue weighted by molar-refractivity contribution is -0.113. The normalized spacial score (nSPS) is 12.0. The summed E-state index contributed by atoms with van der Waals surface area (Å²) in [6.07, 6.45) is -0.261. The summed E-state index contributed by atoms with van der Waals surface area (Å²) >= 11 is 2.67. The van der Waals surface area contributed by atoms with Gasteiger partial charge in [0.15, 0.2) is 17.1 Å². The minimum absolute atomic E-state index is 0.155. The molecule has 1 amide bonds. The second kappa shape index (κ2) is 9.16. The lowest BCUT2D eigenvalue weighted by Crippen LogP contribution is -2.15. The van der Waals surface area contributed by atoms with Crippen LogP contribution in [-0.4, -0.2) is 36.6 Å². The van der Waals surface area contributed by atoms with E-state index in [-0.39, 0.29) is 17.8 Å². The number of carbonyl (C=O) groups excluding carboxylic acids is 1. The molecule has 8 nitrogen and oxygen atoms in total. The third kappa shape index (κ3) is 5.08. The zero-order valence-corrected chi connectivity index (χ0v) is 17.8. The number of thioether (sulfide) groups is 1. The van der Waals surface area contributed by atoms with E-state index in [0.717, 1.165) is 16.6 Å². The zero-order chi connectivity index (χ0) is 20.1. The fourth-order valence-corrected chi connectivity index (χ4v) is 3.93. The lowest BCUT2D eigenvalue weighted by atomic mass is 10.2. The van der Waals surface area contributed by atoms with Gasteiger partial charge in [0.1, 0.15) is 10.8 Å². The lowest BCUT2D eigenvalue weighted by Gasteiger charge is -2.15. The Morgan fingerprint density at radius 3 is 2.61 bits per heavy atom. The van der Waals surface area contributed by atoms with Gasteiger partial charge in [-0.15, -0.1) is 20.4 Å². The molecule has 3 aromatic rings. The van der Waals surface area contributed by atoms with Gasteiger partial charge in [0.05, 0.1) is 5.75 Å². The Bertz CT molecular complexity index is 938. The van der Waals surface area contributed by atoms with Gasteiger partial charge in [-0.1, -0.05) is 40.8 Å². The van der Waals surface area contributed by atoms with E-state index in [2.05, 4.69) is 25.7 Å². The Morgan fingerprint density at radius 1 is 1.21 bits per heavy atom. The first kappa shape index (κ1) is 20.3. The molecular formula is C18H22N6O2S2. The van der Waals surface area contributed by atoms with E-state index in [1.165, 1.54) is 28.7 Å². The molecule has 0 aliphatic heterocycles. The molecule has 0 bridgehead atoms. The van der Waals surface area contributed by atoms with E-state index in [4.69, 9.17) is 4.74 Å². The monoisotopic (exact) mass is 418 g/mol. The molecule has 148 valence electrons. The van der Waals surface area contributed by atoms with Gasteiger partial charge in [-0.2, -0.15) is 0 Å². The van der Waals surface area contributed by atoms with Crippen molar-refractivity contribution < 1.29 is 9.53 Å². The van der Waals surface area contributed by atoms with Crippen molar-refractivity contribution in [2.75, 3.05) is 11.1 Å². The van der Waals surface area contributed by atoms with Gasteiger partial charge < -0.3 is 9.30 Å². The van der Waals surface area contributed by atoms with Gasteiger partial charge in [-0.3, -0.25) is 10.1 Å². The van der Waals surface area contributed by atoms with Crippen molar-refractivity contribution in [1.29, 1.82) is 0 Å². The molecule has 1 unspecified atom stereocenters. The number of rotatable bonds is 8. The molecule has 0 saturated carbocycles. The first-order valence-corrected chi connectivity index (χ1v) is 10.7. The average molecular weight is 419 g/mol. The number of anilines is 1. The molecule has 28 heavy (non-hydrogen) atoms. The summed E-state index contributed by atoms with van der Waals surface area (Å²) in [7, 11) is 0. The van der Waals surface area contributed by atoms with Crippen molar-refractivity contribution >= 4 is 34.1 Å². The highest BCUT2D eigenvalue weighted by Gasteiger charge is 2.19. The maximum atomic E-state index is 12.1. The summed E-state index contributed by atoms with van der Waals surface area (Å²) in [4.78, 5) is 12.1. The Balaban J connectivity index is 1.62. The number of nitrogens with zero attached hydrogens (tertiary/aromatic N) is 5. The highest BCUT2D eigenvalue weighted by atomic mass is 32.2. The third-order valence-corrected chi connectivity index (χ3v) is 5.58. The smallest absolute Gasteiger partial charge is 0.236 e. The summed E-state index contributed by atoms with van der Waals surface area (Å²) in [5.41, 5.74) is 1.18. The minimum atomic E-state index is -0.261. The van der Waals surface area contributed by atoms with E-state index in [0.29, 0.717) is 16.8 Å². The molecule has 0 radical (unpaired) electrons. The maximum Gasteiger partial charge on any atom is 0.236 e. The van der Waals surface area contributed by atoms with Crippen LogP contribution in [-0.2, 0) is 11.3 Å². The fraction of sp³-hybridized carbons (Fsp3) is 0.389. The van der Waals surface area contributed by atoms with Crippen LogP contribution >= 0.6 is 23.1 Å². The average Bonchev–Trinajstić information content (AvgIpc) is 3.27. The van der Waals surface area contributed by atoms with E-state index in [1.807, 2.05) is 56.5 Å². The predicted molar refractivity (Wildman–Crippen MR) is 110 cm³/mol. The van der Waals surface area contributed by atoms with Crippen molar-refractivity contribution in [2.45, 2.75) is 45.5 Å². The van der Waals surface area contributed by atoms with Crippen molar-refractivity contribution in [3.05, 3.63) is 40.7 Å². The van der Waals surface area contributed by atoms with E-state index < -0.39 is 0 Å². The largest absolute Gasteiger partial charge is 0.483 e. The summed E-state index contributed by atoms with van der Waals surface area (Å²) in [6.45, 7) is 8.51. The van der Waals surface area contributed by atoms with Gasteiger partial charge in [0.2, 0.25) is 11.0 Å². The van der Waals surface area contributed by atoms with Crippen LogP contribution in [0.2, 0.25) is 0 Å². The van der Waals surface area contributed by atoms with Crippen LogP contribution < -0.4 is 10.1 Å². The molecule has 1 N–H and O–H groups in total. The molecule has 0 aliphatic carbocycles. The van der Waals surface area contributed by atoms with Crippen molar-refractivity contribution in [2.24, 2.45) is 0 Å². The molecule has 0 aliphatic rings. The molecule has 1 aromatic carbocycles. The molecule has 0 fully saturated rings. The summed E-state index contributed by atoms with van der Waals surface area (Å²) in [5.74, 6) is 1.57. The van der Waals surface area contributed by atoms with Gasteiger partial charge >= 0.3 is 0 Å². The fourth-order valence-electron chi connectivity index (χ4n) is 2.51. The number of carbonyl (C=O) groups is 1.